The molecule has 0 spiro atoms. The highest BCUT2D eigenvalue weighted by molar-refractivity contribution is 7.21. The minimum absolute atomic E-state index is 0.0319. The molecular weight excluding hydrogens is 475 g/mol. The van der Waals surface area contributed by atoms with Crippen LogP contribution in [0, 0.1) is 5.82 Å². The van der Waals surface area contributed by atoms with E-state index >= 15 is 0 Å². The standard InChI is InChI=1S/C17H8Cl2F4N2O2S2/c18-13-4-3-10(28-13)9(26)6-12(17(21,22)23)24-25-16(27)15-14(19)8-2-1-7(20)5-11(8)29-15/h1-5H,6H2,(H,25,27)/b24-12+. The third kappa shape index (κ3) is 4.95. The van der Waals surface area contributed by atoms with Gasteiger partial charge in [-0.25, -0.2) is 9.82 Å². The summed E-state index contributed by atoms with van der Waals surface area (Å²) in [7, 11) is 0. The molecule has 0 bridgehead atoms. The number of halogens is 6. The van der Waals surface area contributed by atoms with Gasteiger partial charge in [0.05, 0.1) is 20.7 Å². The molecule has 0 unspecified atom stereocenters. The number of fused-ring (bicyclic) bond motifs is 1. The lowest BCUT2D eigenvalue weighted by molar-refractivity contribution is -0.0605. The van der Waals surface area contributed by atoms with Gasteiger partial charge < -0.3 is 0 Å². The molecule has 0 aliphatic rings. The molecule has 152 valence electrons. The van der Waals surface area contributed by atoms with E-state index in [0.29, 0.717) is 10.1 Å². The molecular formula is C17H8Cl2F4N2O2S2. The lowest BCUT2D eigenvalue weighted by Crippen LogP contribution is -2.30. The second kappa shape index (κ2) is 8.39. The number of hydrazone groups is 1. The van der Waals surface area contributed by atoms with Crippen LogP contribution in [0.5, 0.6) is 0 Å². The number of hydrogen-bond donors (Lipinski definition) is 1. The highest BCUT2D eigenvalue weighted by atomic mass is 35.5. The van der Waals surface area contributed by atoms with E-state index in [4.69, 9.17) is 23.2 Å². The van der Waals surface area contributed by atoms with Crippen molar-refractivity contribution in [2.75, 3.05) is 0 Å². The first-order valence-electron chi connectivity index (χ1n) is 7.66. The van der Waals surface area contributed by atoms with Gasteiger partial charge >= 0.3 is 6.18 Å². The fourth-order valence-corrected chi connectivity index (χ4v) is 4.67. The van der Waals surface area contributed by atoms with Crippen LogP contribution in [-0.4, -0.2) is 23.6 Å². The number of nitrogens with one attached hydrogen (secondary N) is 1. The van der Waals surface area contributed by atoms with Crippen molar-refractivity contribution >= 4 is 73.4 Å². The van der Waals surface area contributed by atoms with Crippen LogP contribution in [0.1, 0.15) is 25.8 Å². The van der Waals surface area contributed by atoms with Crippen molar-refractivity contribution in [3.63, 3.8) is 0 Å². The smallest absolute Gasteiger partial charge is 0.293 e. The van der Waals surface area contributed by atoms with Gasteiger partial charge in [-0.3, -0.25) is 9.59 Å². The molecule has 1 amide bonds. The third-order valence-electron chi connectivity index (χ3n) is 3.59. The Bertz CT molecular complexity index is 1140. The first kappa shape index (κ1) is 21.7. The van der Waals surface area contributed by atoms with Crippen molar-refractivity contribution < 1.29 is 27.2 Å². The minimum atomic E-state index is -4.95. The van der Waals surface area contributed by atoms with Crippen LogP contribution in [0.25, 0.3) is 10.1 Å². The summed E-state index contributed by atoms with van der Waals surface area (Å²) in [5.41, 5.74) is 0.288. The summed E-state index contributed by atoms with van der Waals surface area (Å²) in [6, 6.07) is 6.34. The number of rotatable bonds is 5. The molecule has 2 aromatic heterocycles. The van der Waals surface area contributed by atoms with Gasteiger partial charge in [0.1, 0.15) is 16.4 Å². The largest absolute Gasteiger partial charge is 0.431 e. The number of Topliss-reactive ketones (excluding diaryl/α,β-unsaturated/α-hetero) is 1. The molecule has 29 heavy (non-hydrogen) atoms. The van der Waals surface area contributed by atoms with E-state index in [1.807, 2.05) is 0 Å². The number of hydrogen-bond acceptors (Lipinski definition) is 5. The Morgan fingerprint density at radius 1 is 1.10 bits per heavy atom. The molecule has 0 saturated carbocycles. The zero-order valence-corrected chi connectivity index (χ0v) is 17.1. The predicted octanol–water partition coefficient (Wildman–Crippen LogP) is 6.33. The molecule has 1 N–H and O–H groups in total. The van der Waals surface area contributed by atoms with E-state index in [1.54, 1.807) is 5.43 Å². The van der Waals surface area contributed by atoms with Crippen molar-refractivity contribution in [1.82, 2.24) is 5.43 Å². The third-order valence-corrected chi connectivity index (χ3v) is 6.52. The Labute approximate surface area is 178 Å². The second-order valence-corrected chi connectivity index (χ2v) is 8.73. The van der Waals surface area contributed by atoms with Crippen molar-refractivity contribution in [2.24, 2.45) is 5.10 Å². The van der Waals surface area contributed by atoms with E-state index in [9.17, 15) is 27.2 Å². The first-order valence-corrected chi connectivity index (χ1v) is 10.1. The van der Waals surface area contributed by atoms with E-state index in [2.05, 4.69) is 5.10 Å². The van der Waals surface area contributed by atoms with Crippen LogP contribution in [0.2, 0.25) is 9.36 Å². The molecule has 0 saturated heterocycles. The predicted molar refractivity (Wildman–Crippen MR) is 106 cm³/mol. The molecule has 12 heteroatoms. The normalized spacial score (nSPS) is 12.4. The Kier molecular flexibility index (Phi) is 6.27. The topological polar surface area (TPSA) is 58.5 Å². The lowest BCUT2D eigenvalue weighted by atomic mass is 10.1. The second-order valence-electron chi connectivity index (χ2n) is 5.59. The van der Waals surface area contributed by atoms with Crippen LogP contribution in [0.15, 0.2) is 35.4 Å². The summed E-state index contributed by atoms with van der Waals surface area (Å²) in [5, 5.41) is 3.44. The van der Waals surface area contributed by atoms with E-state index < -0.39 is 35.8 Å². The molecule has 0 atom stereocenters. The first-order chi connectivity index (χ1) is 13.6. The maximum absolute atomic E-state index is 13.3. The molecule has 0 fully saturated rings. The molecule has 0 aliphatic carbocycles. The van der Waals surface area contributed by atoms with Gasteiger partial charge in [-0.1, -0.05) is 23.2 Å². The quantitative estimate of drug-likeness (QED) is 0.200. The minimum Gasteiger partial charge on any atom is -0.293 e. The van der Waals surface area contributed by atoms with Crippen LogP contribution in [0.4, 0.5) is 17.6 Å². The monoisotopic (exact) mass is 482 g/mol. The van der Waals surface area contributed by atoms with Crippen molar-refractivity contribution in [2.45, 2.75) is 12.6 Å². The molecule has 1 aromatic carbocycles. The van der Waals surface area contributed by atoms with Gasteiger partial charge in [-0.2, -0.15) is 18.3 Å². The number of carbonyl (C=O) groups is 2. The maximum Gasteiger partial charge on any atom is 0.431 e. The van der Waals surface area contributed by atoms with Gasteiger partial charge in [0, 0.05) is 10.1 Å². The molecule has 3 rings (SSSR count). The summed E-state index contributed by atoms with van der Waals surface area (Å²) >= 11 is 13.4. The number of amides is 1. The van der Waals surface area contributed by atoms with Crippen molar-refractivity contribution in [3.8, 4) is 0 Å². The number of thiophene rings is 2. The summed E-state index contributed by atoms with van der Waals surface area (Å²) < 4.78 is 53.6. The van der Waals surface area contributed by atoms with E-state index in [0.717, 1.165) is 34.8 Å². The summed E-state index contributed by atoms with van der Waals surface area (Å²) in [4.78, 5) is 24.2. The van der Waals surface area contributed by atoms with Crippen LogP contribution in [0.3, 0.4) is 0 Å². The Balaban J connectivity index is 1.83. The maximum atomic E-state index is 13.3. The van der Waals surface area contributed by atoms with Crippen LogP contribution >= 0.6 is 45.9 Å². The Hall–Kier alpha value is -2.01. The van der Waals surface area contributed by atoms with Crippen LogP contribution in [-0.2, 0) is 0 Å². The molecule has 2 heterocycles. The number of benzene rings is 1. The Morgan fingerprint density at radius 3 is 2.45 bits per heavy atom. The molecule has 4 nitrogen and oxygen atoms in total. The number of carbonyl (C=O) groups excluding carboxylic acids is 2. The van der Waals surface area contributed by atoms with Gasteiger partial charge in [-0.15, -0.1) is 22.7 Å². The highest BCUT2D eigenvalue weighted by Gasteiger charge is 2.38. The average molecular weight is 483 g/mol. The van der Waals surface area contributed by atoms with Crippen molar-refractivity contribution in [1.29, 1.82) is 0 Å². The fraction of sp³-hybridized carbons (Fsp3) is 0.118. The lowest BCUT2D eigenvalue weighted by Gasteiger charge is -2.09. The van der Waals surface area contributed by atoms with Gasteiger partial charge in [0.15, 0.2) is 5.78 Å². The van der Waals surface area contributed by atoms with Crippen molar-refractivity contribution in [3.05, 3.63) is 55.3 Å². The zero-order chi connectivity index (χ0) is 21.3. The van der Waals surface area contributed by atoms with Gasteiger partial charge in [0.25, 0.3) is 5.91 Å². The van der Waals surface area contributed by atoms with E-state index in [1.165, 1.54) is 18.2 Å². The average Bonchev–Trinajstić information content (AvgIpc) is 3.20. The number of alkyl halides is 3. The van der Waals surface area contributed by atoms with E-state index in [-0.39, 0.29) is 19.1 Å². The summed E-state index contributed by atoms with van der Waals surface area (Å²) in [6.07, 6.45) is -6.02. The Morgan fingerprint density at radius 2 is 1.83 bits per heavy atom. The van der Waals surface area contributed by atoms with Gasteiger partial charge in [0.2, 0.25) is 0 Å². The van der Waals surface area contributed by atoms with Gasteiger partial charge in [-0.05, 0) is 30.3 Å². The zero-order valence-electron chi connectivity index (χ0n) is 13.9. The SMILES string of the molecule is O=C(C/C(=N\NC(=O)c1sc2cc(F)ccc2c1Cl)C(F)(F)F)c1ccc(Cl)s1. The highest BCUT2D eigenvalue weighted by Crippen LogP contribution is 2.35. The summed E-state index contributed by atoms with van der Waals surface area (Å²) in [6.45, 7) is 0. The fourth-order valence-electron chi connectivity index (χ4n) is 2.26. The molecule has 3 aromatic rings. The number of nitrogens with zero attached hydrogens (tertiary/aromatic N) is 1. The van der Waals surface area contributed by atoms with Crippen LogP contribution < -0.4 is 5.43 Å². The molecule has 0 radical (unpaired) electrons. The number of ketones is 1. The summed E-state index contributed by atoms with van der Waals surface area (Å²) in [5.74, 6) is -2.40. The molecule has 0 aliphatic heterocycles.